The highest BCUT2D eigenvalue weighted by Crippen LogP contribution is 2.05. The fourth-order valence-corrected chi connectivity index (χ4v) is 1.33. The summed E-state index contributed by atoms with van der Waals surface area (Å²) in [5.74, 6) is 1.09. The Bertz CT molecular complexity index is 153. The number of nitrogens with zero attached hydrogens (tertiary/aromatic N) is 1. The number of aliphatic hydroxyl groups is 1. The molecule has 0 saturated carbocycles. The molecule has 0 aliphatic carbocycles. The molecule has 0 fully saturated rings. The molecule has 0 radical (unpaired) electrons. The van der Waals surface area contributed by atoms with Gasteiger partial charge in [-0.1, -0.05) is 6.92 Å². The minimum atomic E-state index is 0.196. The zero-order valence-electron chi connectivity index (χ0n) is 7.71. The van der Waals surface area contributed by atoms with Gasteiger partial charge in [-0.3, -0.25) is 4.99 Å². The molecule has 0 aromatic heterocycles. The third-order valence-corrected chi connectivity index (χ3v) is 2.21. The smallest absolute Gasteiger partial charge is 0.0965 e. The van der Waals surface area contributed by atoms with E-state index in [0.717, 1.165) is 25.2 Å². The molecular weight excluding hydrogens is 152 g/mol. The van der Waals surface area contributed by atoms with Gasteiger partial charge >= 0.3 is 0 Å². The van der Waals surface area contributed by atoms with Crippen LogP contribution in [0.4, 0.5) is 0 Å². The normalized spacial score (nSPS) is 20.0. The van der Waals surface area contributed by atoms with Crippen LogP contribution in [-0.4, -0.2) is 30.1 Å². The van der Waals surface area contributed by atoms with Gasteiger partial charge in [-0.05, 0) is 19.3 Å². The van der Waals surface area contributed by atoms with Gasteiger partial charge in [-0.15, -0.1) is 0 Å². The first kappa shape index (κ1) is 9.52. The van der Waals surface area contributed by atoms with Crippen molar-refractivity contribution in [1.82, 2.24) is 5.32 Å². The first-order chi connectivity index (χ1) is 5.86. The van der Waals surface area contributed by atoms with E-state index in [-0.39, 0.29) is 12.6 Å². The third-order valence-electron chi connectivity index (χ3n) is 2.21. The van der Waals surface area contributed by atoms with Crippen LogP contribution in [0.2, 0.25) is 0 Å². The van der Waals surface area contributed by atoms with E-state index in [4.69, 9.17) is 5.11 Å². The highest BCUT2D eigenvalue weighted by Gasteiger charge is 2.09. The van der Waals surface area contributed by atoms with Crippen LogP contribution in [0.25, 0.3) is 0 Å². The average Bonchev–Trinajstić information content (AvgIpc) is 2.16. The van der Waals surface area contributed by atoms with Gasteiger partial charge in [-0.2, -0.15) is 0 Å². The molecule has 0 bridgehead atoms. The average molecular weight is 170 g/mol. The van der Waals surface area contributed by atoms with Crippen molar-refractivity contribution in [2.45, 2.75) is 38.6 Å². The molecule has 1 unspecified atom stereocenters. The lowest BCUT2D eigenvalue weighted by Gasteiger charge is -2.19. The van der Waals surface area contributed by atoms with Gasteiger partial charge in [0.15, 0.2) is 0 Å². The maximum Gasteiger partial charge on any atom is 0.0965 e. The largest absolute Gasteiger partial charge is 0.394 e. The van der Waals surface area contributed by atoms with Crippen molar-refractivity contribution in [2.24, 2.45) is 4.99 Å². The van der Waals surface area contributed by atoms with Crippen LogP contribution in [0.3, 0.4) is 0 Å². The van der Waals surface area contributed by atoms with Crippen molar-refractivity contribution in [2.75, 3.05) is 13.2 Å². The SMILES string of the molecule is CCC(CO)NC1=NCCCC1. The minimum Gasteiger partial charge on any atom is -0.394 e. The number of amidine groups is 1. The van der Waals surface area contributed by atoms with Crippen molar-refractivity contribution in [1.29, 1.82) is 0 Å². The second-order valence-electron chi connectivity index (χ2n) is 3.22. The molecule has 0 spiro atoms. The lowest BCUT2D eigenvalue weighted by molar-refractivity contribution is 0.252. The zero-order valence-corrected chi connectivity index (χ0v) is 7.71. The van der Waals surface area contributed by atoms with Crippen LogP contribution in [0.15, 0.2) is 4.99 Å². The van der Waals surface area contributed by atoms with E-state index in [1.54, 1.807) is 0 Å². The molecule has 3 nitrogen and oxygen atoms in total. The Balaban J connectivity index is 2.32. The maximum absolute atomic E-state index is 8.94. The molecule has 1 aliphatic rings. The molecule has 2 N–H and O–H groups in total. The number of nitrogens with one attached hydrogen (secondary N) is 1. The second kappa shape index (κ2) is 5.14. The molecule has 1 atom stereocenters. The van der Waals surface area contributed by atoms with Crippen molar-refractivity contribution in [3.63, 3.8) is 0 Å². The van der Waals surface area contributed by atoms with Gasteiger partial charge in [0.2, 0.25) is 0 Å². The second-order valence-corrected chi connectivity index (χ2v) is 3.22. The van der Waals surface area contributed by atoms with Crippen LogP contribution in [0.1, 0.15) is 32.6 Å². The molecule has 0 aromatic rings. The van der Waals surface area contributed by atoms with Gasteiger partial charge in [0.05, 0.1) is 18.5 Å². The molecule has 0 saturated heterocycles. The first-order valence-electron chi connectivity index (χ1n) is 4.77. The van der Waals surface area contributed by atoms with E-state index in [2.05, 4.69) is 17.2 Å². The van der Waals surface area contributed by atoms with Gasteiger partial charge in [0.25, 0.3) is 0 Å². The Labute approximate surface area is 73.9 Å². The predicted octanol–water partition coefficient (Wildman–Crippen LogP) is 0.929. The summed E-state index contributed by atoms with van der Waals surface area (Å²) in [5, 5.41) is 12.2. The van der Waals surface area contributed by atoms with Crippen molar-refractivity contribution >= 4 is 5.84 Å². The van der Waals surface area contributed by atoms with Crippen LogP contribution in [0.5, 0.6) is 0 Å². The fraction of sp³-hybridized carbons (Fsp3) is 0.889. The third kappa shape index (κ3) is 2.81. The number of hydrogen-bond acceptors (Lipinski definition) is 3. The van der Waals surface area contributed by atoms with Crippen molar-refractivity contribution in [3.8, 4) is 0 Å². The van der Waals surface area contributed by atoms with Gasteiger partial charge < -0.3 is 10.4 Å². The van der Waals surface area contributed by atoms with E-state index < -0.39 is 0 Å². The number of aliphatic imine (C=N–C) groups is 1. The molecule has 1 heterocycles. The summed E-state index contributed by atoms with van der Waals surface area (Å²) < 4.78 is 0. The summed E-state index contributed by atoms with van der Waals surface area (Å²) in [5.41, 5.74) is 0. The van der Waals surface area contributed by atoms with E-state index in [1.807, 2.05) is 0 Å². The van der Waals surface area contributed by atoms with E-state index in [9.17, 15) is 0 Å². The predicted molar refractivity (Wildman–Crippen MR) is 50.5 cm³/mol. The van der Waals surface area contributed by atoms with Crippen LogP contribution in [0, 0.1) is 0 Å². The number of hydrogen-bond donors (Lipinski definition) is 2. The Morgan fingerprint density at radius 1 is 1.58 bits per heavy atom. The van der Waals surface area contributed by atoms with Crippen molar-refractivity contribution in [3.05, 3.63) is 0 Å². The molecule has 12 heavy (non-hydrogen) atoms. The first-order valence-corrected chi connectivity index (χ1v) is 4.77. The van der Waals surface area contributed by atoms with Gasteiger partial charge in [-0.25, -0.2) is 0 Å². The number of aliphatic hydroxyl groups excluding tert-OH is 1. The number of rotatable bonds is 3. The lowest BCUT2D eigenvalue weighted by Crippen LogP contribution is -2.37. The summed E-state index contributed by atoms with van der Waals surface area (Å²) in [4.78, 5) is 4.36. The van der Waals surface area contributed by atoms with E-state index in [0.29, 0.717) is 0 Å². The zero-order chi connectivity index (χ0) is 8.81. The minimum absolute atomic E-state index is 0.196. The Hall–Kier alpha value is -0.570. The Morgan fingerprint density at radius 3 is 2.92 bits per heavy atom. The maximum atomic E-state index is 8.94. The van der Waals surface area contributed by atoms with Crippen LogP contribution in [-0.2, 0) is 0 Å². The summed E-state index contributed by atoms with van der Waals surface area (Å²) in [7, 11) is 0. The molecule has 1 rings (SSSR count). The Kier molecular flexibility index (Phi) is 4.08. The quantitative estimate of drug-likeness (QED) is 0.661. The van der Waals surface area contributed by atoms with Gasteiger partial charge in [0, 0.05) is 13.0 Å². The summed E-state index contributed by atoms with van der Waals surface area (Å²) in [6.07, 6.45) is 4.45. The van der Waals surface area contributed by atoms with Gasteiger partial charge in [0.1, 0.15) is 0 Å². The highest BCUT2D eigenvalue weighted by molar-refractivity contribution is 5.82. The van der Waals surface area contributed by atoms with Crippen molar-refractivity contribution < 1.29 is 5.11 Å². The van der Waals surface area contributed by atoms with E-state index >= 15 is 0 Å². The molecule has 3 heteroatoms. The molecule has 0 aromatic carbocycles. The highest BCUT2D eigenvalue weighted by atomic mass is 16.3. The monoisotopic (exact) mass is 170 g/mol. The fourth-order valence-electron chi connectivity index (χ4n) is 1.33. The molecule has 70 valence electrons. The molecular formula is C9H18N2O. The van der Waals surface area contributed by atoms with Crippen LogP contribution >= 0.6 is 0 Å². The van der Waals surface area contributed by atoms with E-state index in [1.165, 1.54) is 12.8 Å². The summed E-state index contributed by atoms with van der Waals surface area (Å²) in [6.45, 7) is 3.22. The van der Waals surface area contributed by atoms with Crippen LogP contribution < -0.4 is 5.32 Å². The summed E-state index contributed by atoms with van der Waals surface area (Å²) in [6, 6.07) is 0.196. The summed E-state index contributed by atoms with van der Waals surface area (Å²) >= 11 is 0. The Morgan fingerprint density at radius 2 is 2.42 bits per heavy atom. The standard InChI is InChI=1S/C9H18N2O/c1-2-8(7-12)11-9-5-3-4-6-10-9/h8,12H,2-7H2,1H3,(H,10,11). The lowest BCUT2D eigenvalue weighted by atomic mass is 10.1. The molecule has 1 aliphatic heterocycles. The molecule has 0 amide bonds. The topological polar surface area (TPSA) is 44.6 Å².